The third kappa shape index (κ3) is 4.20. The Morgan fingerprint density at radius 2 is 2.00 bits per heavy atom. The molecule has 1 N–H and O–H groups in total. The number of thioether (sulfide) groups is 1. The first-order chi connectivity index (χ1) is 11.7. The summed E-state index contributed by atoms with van der Waals surface area (Å²) < 4.78 is 5.28. The zero-order chi connectivity index (χ0) is 16.8. The van der Waals surface area contributed by atoms with Gasteiger partial charge in [-0.25, -0.2) is 4.98 Å². The molecule has 0 aliphatic heterocycles. The van der Waals surface area contributed by atoms with Gasteiger partial charge in [0.2, 0.25) is 5.89 Å². The van der Waals surface area contributed by atoms with Crippen LogP contribution in [0.25, 0.3) is 0 Å². The van der Waals surface area contributed by atoms with Crippen LogP contribution in [0.15, 0.2) is 64.3 Å². The molecule has 3 rings (SSSR count). The van der Waals surface area contributed by atoms with Gasteiger partial charge in [-0.05, 0) is 31.2 Å². The van der Waals surface area contributed by atoms with Crippen LogP contribution in [-0.4, -0.2) is 21.0 Å². The van der Waals surface area contributed by atoms with E-state index in [1.54, 1.807) is 18.3 Å². The van der Waals surface area contributed by atoms with Gasteiger partial charge in [0.05, 0.1) is 16.8 Å². The number of nitrogens with zero attached hydrogens (tertiary/aromatic N) is 3. The molecule has 1 aromatic carbocycles. The molecule has 24 heavy (non-hydrogen) atoms. The molecule has 1 atom stereocenters. The van der Waals surface area contributed by atoms with E-state index < -0.39 is 0 Å². The zero-order valence-corrected chi connectivity index (χ0v) is 13.9. The molecule has 0 unspecified atom stereocenters. The lowest BCUT2D eigenvalue weighted by atomic mass is 10.2. The molecule has 0 bridgehead atoms. The maximum atomic E-state index is 12.0. The number of carbonyl (C=O) groups excluding carboxylic acids is 1. The van der Waals surface area contributed by atoms with Crippen LogP contribution in [0.2, 0.25) is 0 Å². The van der Waals surface area contributed by atoms with E-state index in [1.807, 2.05) is 43.3 Å². The summed E-state index contributed by atoms with van der Waals surface area (Å²) in [5.41, 5.74) is 0.597. The van der Waals surface area contributed by atoms with Crippen molar-refractivity contribution >= 4 is 17.7 Å². The van der Waals surface area contributed by atoms with Gasteiger partial charge in [0.25, 0.3) is 5.91 Å². The number of carbonyl (C=O) groups is 1. The number of benzene rings is 1. The molecule has 0 spiro atoms. The number of aromatic nitrogens is 3. The van der Waals surface area contributed by atoms with Crippen LogP contribution in [0.5, 0.6) is 0 Å². The maximum Gasteiger partial charge on any atom is 0.251 e. The zero-order valence-electron chi connectivity index (χ0n) is 13.0. The van der Waals surface area contributed by atoms with Crippen LogP contribution in [0, 0.1) is 0 Å². The lowest BCUT2D eigenvalue weighted by Gasteiger charge is -2.04. The summed E-state index contributed by atoms with van der Waals surface area (Å²) in [6.07, 6.45) is 1.74. The molecule has 3 aromatic rings. The van der Waals surface area contributed by atoms with Crippen molar-refractivity contribution in [3.05, 3.63) is 72.0 Å². The van der Waals surface area contributed by atoms with E-state index in [-0.39, 0.29) is 17.7 Å². The fourth-order valence-electron chi connectivity index (χ4n) is 2.00. The average Bonchev–Trinajstić information content (AvgIpc) is 3.10. The number of pyridine rings is 1. The van der Waals surface area contributed by atoms with Crippen molar-refractivity contribution in [1.29, 1.82) is 0 Å². The van der Waals surface area contributed by atoms with Gasteiger partial charge in [0.15, 0.2) is 5.82 Å². The number of hydrogen-bond acceptors (Lipinski definition) is 6. The predicted octanol–water partition coefficient (Wildman–Crippen LogP) is 3.25. The summed E-state index contributed by atoms with van der Waals surface area (Å²) >= 11 is 1.54. The fourth-order valence-corrected chi connectivity index (χ4v) is 2.84. The summed E-state index contributed by atoms with van der Waals surface area (Å²) in [5.74, 6) is 0.787. The monoisotopic (exact) mass is 340 g/mol. The third-order valence-electron chi connectivity index (χ3n) is 3.21. The van der Waals surface area contributed by atoms with Crippen molar-refractivity contribution in [3.63, 3.8) is 0 Å². The number of nitrogens with one attached hydrogen (secondary N) is 1. The van der Waals surface area contributed by atoms with E-state index in [2.05, 4.69) is 20.4 Å². The van der Waals surface area contributed by atoms with Crippen LogP contribution in [0.4, 0.5) is 0 Å². The highest BCUT2D eigenvalue weighted by molar-refractivity contribution is 7.99. The SMILES string of the molecule is C[C@H](Sc1ccccn1)c1nc(CNC(=O)c2ccccc2)no1. The Hall–Kier alpha value is -2.67. The largest absolute Gasteiger partial charge is 0.345 e. The lowest BCUT2D eigenvalue weighted by molar-refractivity contribution is 0.0949. The van der Waals surface area contributed by atoms with Crippen LogP contribution in [-0.2, 0) is 6.54 Å². The van der Waals surface area contributed by atoms with E-state index in [4.69, 9.17) is 4.52 Å². The number of rotatable bonds is 6. The van der Waals surface area contributed by atoms with E-state index in [9.17, 15) is 4.79 Å². The Bertz CT molecular complexity index is 793. The topological polar surface area (TPSA) is 80.9 Å². The fraction of sp³-hybridized carbons (Fsp3) is 0.176. The molecule has 122 valence electrons. The standard InChI is InChI=1S/C17H16N4O2S/c1-12(24-15-9-5-6-10-18-15)17-20-14(21-23-17)11-19-16(22)13-7-3-2-4-8-13/h2-10,12H,11H2,1H3,(H,19,22)/t12-/m0/s1. The molecule has 0 radical (unpaired) electrons. The van der Waals surface area contributed by atoms with Crippen molar-refractivity contribution in [1.82, 2.24) is 20.4 Å². The molecular formula is C17H16N4O2S. The first-order valence-corrected chi connectivity index (χ1v) is 8.34. The second-order valence-corrected chi connectivity index (χ2v) is 6.39. The van der Waals surface area contributed by atoms with E-state index in [0.717, 1.165) is 5.03 Å². The molecule has 2 aromatic heterocycles. The summed E-state index contributed by atoms with van der Waals surface area (Å²) in [5, 5.41) is 7.55. The Morgan fingerprint density at radius 3 is 2.75 bits per heavy atom. The van der Waals surface area contributed by atoms with Crippen molar-refractivity contribution in [2.45, 2.75) is 23.7 Å². The minimum atomic E-state index is -0.169. The molecule has 2 heterocycles. The molecule has 7 heteroatoms. The summed E-state index contributed by atoms with van der Waals surface area (Å²) in [7, 11) is 0. The second-order valence-electron chi connectivity index (χ2n) is 5.03. The van der Waals surface area contributed by atoms with Gasteiger partial charge in [0, 0.05) is 11.8 Å². The molecular weight excluding hydrogens is 324 g/mol. The highest BCUT2D eigenvalue weighted by Gasteiger charge is 2.16. The average molecular weight is 340 g/mol. The van der Waals surface area contributed by atoms with E-state index >= 15 is 0 Å². The summed E-state index contributed by atoms with van der Waals surface area (Å²) in [4.78, 5) is 20.6. The van der Waals surface area contributed by atoms with Gasteiger partial charge in [-0.2, -0.15) is 4.98 Å². The van der Waals surface area contributed by atoms with Gasteiger partial charge >= 0.3 is 0 Å². The molecule has 0 fully saturated rings. The Kier molecular flexibility index (Phi) is 5.22. The van der Waals surface area contributed by atoms with Crippen LogP contribution in [0.1, 0.15) is 34.2 Å². The molecule has 6 nitrogen and oxygen atoms in total. The normalized spacial score (nSPS) is 11.9. The van der Waals surface area contributed by atoms with Gasteiger partial charge in [0.1, 0.15) is 0 Å². The minimum Gasteiger partial charge on any atom is -0.345 e. The third-order valence-corrected chi connectivity index (χ3v) is 4.25. The van der Waals surface area contributed by atoms with E-state index in [1.165, 1.54) is 11.8 Å². The molecule has 0 aliphatic carbocycles. The maximum absolute atomic E-state index is 12.0. The second kappa shape index (κ2) is 7.74. The summed E-state index contributed by atoms with van der Waals surface area (Å²) in [6.45, 7) is 2.19. The first kappa shape index (κ1) is 16.2. The Labute approximate surface area is 143 Å². The van der Waals surface area contributed by atoms with Gasteiger partial charge < -0.3 is 9.84 Å². The molecule has 0 saturated carbocycles. The minimum absolute atomic E-state index is 0.0222. The quantitative estimate of drug-likeness (QED) is 0.694. The highest BCUT2D eigenvalue weighted by atomic mass is 32.2. The van der Waals surface area contributed by atoms with E-state index in [0.29, 0.717) is 17.3 Å². The number of hydrogen-bond donors (Lipinski definition) is 1. The van der Waals surface area contributed by atoms with Crippen LogP contribution < -0.4 is 5.32 Å². The first-order valence-electron chi connectivity index (χ1n) is 7.46. The highest BCUT2D eigenvalue weighted by Crippen LogP contribution is 2.32. The van der Waals surface area contributed by atoms with Crippen LogP contribution in [0.3, 0.4) is 0 Å². The summed E-state index contributed by atoms with van der Waals surface area (Å²) in [6, 6.07) is 14.7. The molecule has 0 aliphatic rings. The van der Waals surface area contributed by atoms with Crippen molar-refractivity contribution < 1.29 is 9.32 Å². The number of amides is 1. The van der Waals surface area contributed by atoms with Crippen molar-refractivity contribution in [2.24, 2.45) is 0 Å². The van der Waals surface area contributed by atoms with Crippen molar-refractivity contribution in [3.8, 4) is 0 Å². The molecule has 0 saturated heterocycles. The Balaban J connectivity index is 1.56. The lowest BCUT2D eigenvalue weighted by Crippen LogP contribution is -2.23. The molecule has 1 amide bonds. The van der Waals surface area contributed by atoms with Gasteiger partial charge in [-0.3, -0.25) is 4.79 Å². The van der Waals surface area contributed by atoms with Gasteiger partial charge in [-0.1, -0.05) is 41.2 Å². The Morgan fingerprint density at radius 1 is 1.21 bits per heavy atom. The van der Waals surface area contributed by atoms with Crippen molar-refractivity contribution in [2.75, 3.05) is 0 Å². The van der Waals surface area contributed by atoms with Gasteiger partial charge in [-0.15, -0.1) is 0 Å². The smallest absolute Gasteiger partial charge is 0.251 e. The predicted molar refractivity (Wildman–Crippen MR) is 90.4 cm³/mol. The van der Waals surface area contributed by atoms with Crippen LogP contribution >= 0.6 is 11.8 Å².